The van der Waals surface area contributed by atoms with E-state index in [9.17, 15) is 14.7 Å². The van der Waals surface area contributed by atoms with Gasteiger partial charge in [0.2, 0.25) is 5.91 Å². The Morgan fingerprint density at radius 3 is 2.47 bits per heavy atom. The van der Waals surface area contributed by atoms with E-state index in [0.717, 1.165) is 38.5 Å². The van der Waals surface area contributed by atoms with Crippen molar-refractivity contribution in [1.29, 1.82) is 0 Å². The van der Waals surface area contributed by atoms with Crippen molar-refractivity contribution in [1.82, 2.24) is 4.90 Å². The summed E-state index contributed by atoms with van der Waals surface area (Å²) in [5.41, 5.74) is 5.89. The fourth-order valence-electron chi connectivity index (χ4n) is 3.32. The molecule has 1 saturated heterocycles. The van der Waals surface area contributed by atoms with Gasteiger partial charge in [0.05, 0.1) is 0 Å². The molecule has 3 N–H and O–H groups in total. The standard InChI is InChI=1S/C14H24N2O3/c15-14(7-3-1-4-8-14)10-12(17)16-9-5-2-6-11(16)13(18)19/h11H,1-10,15H2,(H,18,19)/t11-/m0/s1. The first-order valence-corrected chi connectivity index (χ1v) is 7.33. The van der Waals surface area contributed by atoms with Crippen LogP contribution in [0.4, 0.5) is 0 Å². The summed E-state index contributed by atoms with van der Waals surface area (Å²) < 4.78 is 0. The number of nitrogens with zero attached hydrogens (tertiary/aromatic N) is 1. The van der Waals surface area contributed by atoms with E-state index >= 15 is 0 Å². The molecule has 0 aromatic heterocycles. The van der Waals surface area contributed by atoms with Crippen molar-refractivity contribution in [2.75, 3.05) is 6.54 Å². The van der Waals surface area contributed by atoms with Crippen LogP contribution in [-0.2, 0) is 9.59 Å². The minimum absolute atomic E-state index is 0.0727. The van der Waals surface area contributed by atoms with E-state index < -0.39 is 17.6 Å². The van der Waals surface area contributed by atoms with Crippen LogP contribution in [0.1, 0.15) is 57.8 Å². The number of carbonyl (C=O) groups is 2. The lowest BCUT2D eigenvalue weighted by Crippen LogP contribution is -2.52. The zero-order valence-corrected chi connectivity index (χ0v) is 11.4. The molecule has 0 radical (unpaired) electrons. The summed E-state index contributed by atoms with van der Waals surface area (Å²) in [6, 6.07) is -0.645. The van der Waals surface area contributed by atoms with E-state index in [4.69, 9.17) is 5.73 Å². The number of rotatable bonds is 3. The van der Waals surface area contributed by atoms with Crippen molar-refractivity contribution in [3.63, 3.8) is 0 Å². The predicted molar refractivity (Wildman–Crippen MR) is 71.6 cm³/mol. The molecule has 5 heteroatoms. The number of nitrogens with two attached hydrogens (primary N) is 1. The molecule has 1 saturated carbocycles. The summed E-state index contributed by atoms with van der Waals surface area (Å²) in [6.07, 6.45) is 7.75. The van der Waals surface area contributed by atoms with Crippen LogP contribution in [0.15, 0.2) is 0 Å². The van der Waals surface area contributed by atoms with Crippen molar-refractivity contribution in [3.05, 3.63) is 0 Å². The summed E-state index contributed by atoms with van der Waals surface area (Å²) >= 11 is 0. The number of carboxylic acids is 1. The Morgan fingerprint density at radius 2 is 1.84 bits per heavy atom. The summed E-state index contributed by atoms with van der Waals surface area (Å²) in [6.45, 7) is 0.561. The number of carboxylic acid groups (broad SMARTS) is 1. The lowest BCUT2D eigenvalue weighted by Gasteiger charge is -2.38. The number of aliphatic carboxylic acids is 1. The van der Waals surface area contributed by atoms with Gasteiger partial charge in [-0.3, -0.25) is 4.79 Å². The third kappa shape index (κ3) is 3.47. The van der Waals surface area contributed by atoms with E-state index in [2.05, 4.69) is 0 Å². The van der Waals surface area contributed by atoms with Gasteiger partial charge in [-0.05, 0) is 32.1 Å². The van der Waals surface area contributed by atoms with Crippen LogP contribution in [0.2, 0.25) is 0 Å². The van der Waals surface area contributed by atoms with E-state index in [-0.39, 0.29) is 5.91 Å². The highest BCUT2D eigenvalue weighted by atomic mass is 16.4. The number of carbonyl (C=O) groups excluding carboxylic acids is 1. The van der Waals surface area contributed by atoms with Gasteiger partial charge in [-0.1, -0.05) is 19.3 Å². The molecule has 5 nitrogen and oxygen atoms in total. The molecule has 2 rings (SSSR count). The van der Waals surface area contributed by atoms with Crippen LogP contribution in [0.25, 0.3) is 0 Å². The van der Waals surface area contributed by atoms with Gasteiger partial charge < -0.3 is 15.7 Å². The first-order valence-electron chi connectivity index (χ1n) is 7.33. The molecule has 0 spiro atoms. The third-order valence-corrected chi connectivity index (χ3v) is 4.46. The number of hydrogen-bond donors (Lipinski definition) is 2. The summed E-state index contributed by atoms with van der Waals surface area (Å²) in [5, 5.41) is 9.20. The maximum absolute atomic E-state index is 12.4. The van der Waals surface area contributed by atoms with Gasteiger partial charge in [-0.15, -0.1) is 0 Å². The average Bonchev–Trinajstić information content (AvgIpc) is 2.39. The molecule has 1 amide bonds. The number of likely N-dealkylation sites (tertiary alicyclic amines) is 1. The Kier molecular flexibility index (Phi) is 4.45. The molecular weight excluding hydrogens is 244 g/mol. The number of amides is 1. The lowest BCUT2D eigenvalue weighted by atomic mass is 9.79. The predicted octanol–water partition coefficient (Wildman–Crippen LogP) is 1.50. The first-order chi connectivity index (χ1) is 9.02. The second-order valence-corrected chi connectivity index (χ2v) is 6.04. The highest BCUT2D eigenvalue weighted by molar-refractivity contribution is 5.84. The van der Waals surface area contributed by atoms with E-state index in [1.807, 2.05) is 0 Å². The number of piperidine rings is 1. The second kappa shape index (κ2) is 5.90. The largest absolute Gasteiger partial charge is 0.480 e. The molecule has 0 bridgehead atoms. The molecule has 2 fully saturated rings. The average molecular weight is 268 g/mol. The number of hydrogen-bond acceptors (Lipinski definition) is 3. The van der Waals surface area contributed by atoms with Gasteiger partial charge in [0, 0.05) is 18.5 Å². The molecule has 0 unspecified atom stereocenters. The minimum Gasteiger partial charge on any atom is -0.480 e. The molecule has 0 aromatic rings. The van der Waals surface area contributed by atoms with Gasteiger partial charge in [0.25, 0.3) is 0 Å². The van der Waals surface area contributed by atoms with Crippen molar-refractivity contribution in [2.45, 2.75) is 69.4 Å². The maximum Gasteiger partial charge on any atom is 0.326 e. The minimum atomic E-state index is -0.886. The van der Waals surface area contributed by atoms with Crippen LogP contribution in [0.3, 0.4) is 0 Å². The van der Waals surface area contributed by atoms with Gasteiger partial charge in [-0.2, -0.15) is 0 Å². The maximum atomic E-state index is 12.4. The van der Waals surface area contributed by atoms with Gasteiger partial charge in [0.1, 0.15) is 6.04 Å². The summed E-state index contributed by atoms with van der Waals surface area (Å²) in [7, 11) is 0. The third-order valence-electron chi connectivity index (χ3n) is 4.46. The SMILES string of the molecule is NC1(CC(=O)N2CCCC[C@H]2C(=O)O)CCCCC1. The Hall–Kier alpha value is -1.10. The highest BCUT2D eigenvalue weighted by Crippen LogP contribution is 2.30. The summed E-state index contributed by atoms with van der Waals surface area (Å²) in [5.74, 6) is -0.959. The molecule has 1 aliphatic carbocycles. The Balaban J connectivity index is 1.99. The fraction of sp³-hybridized carbons (Fsp3) is 0.857. The molecule has 1 heterocycles. The molecule has 1 aliphatic heterocycles. The second-order valence-electron chi connectivity index (χ2n) is 6.04. The molecular formula is C14H24N2O3. The quantitative estimate of drug-likeness (QED) is 0.812. The monoisotopic (exact) mass is 268 g/mol. The topological polar surface area (TPSA) is 83.6 Å². The first kappa shape index (κ1) is 14.3. The van der Waals surface area contributed by atoms with Crippen molar-refractivity contribution < 1.29 is 14.7 Å². The Labute approximate surface area is 114 Å². The van der Waals surface area contributed by atoms with E-state index in [0.29, 0.717) is 19.4 Å². The smallest absolute Gasteiger partial charge is 0.326 e. The highest BCUT2D eigenvalue weighted by Gasteiger charge is 2.36. The Morgan fingerprint density at radius 1 is 1.16 bits per heavy atom. The van der Waals surface area contributed by atoms with E-state index in [1.165, 1.54) is 11.3 Å². The van der Waals surface area contributed by atoms with E-state index in [1.54, 1.807) is 0 Å². The summed E-state index contributed by atoms with van der Waals surface area (Å²) in [4.78, 5) is 25.1. The lowest BCUT2D eigenvalue weighted by molar-refractivity contribution is -0.152. The molecule has 108 valence electrons. The van der Waals surface area contributed by atoms with Crippen molar-refractivity contribution in [2.24, 2.45) is 5.73 Å². The normalized spacial score (nSPS) is 27.0. The van der Waals surface area contributed by atoms with Crippen LogP contribution in [-0.4, -0.2) is 40.0 Å². The van der Waals surface area contributed by atoms with Gasteiger partial charge >= 0.3 is 5.97 Å². The van der Waals surface area contributed by atoms with Crippen LogP contribution in [0, 0.1) is 0 Å². The fourth-order valence-corrected chi connectivity index (χ4v) is 3.32. The van der Waals surface area contributed by atoms with Gasteiger partial charge in [-0.25, -0.2) is 4.79 Å². The molecule has 1 atom stereocenters. The van der Waals surface area contributed by atoms with Crippen molar-refractivity contribution >= 4 is 11.9 Å². The van der Waals surface area contributed by atoms with Crippen molar-refractivity contribution in [3.8, 4) is 0 Å². The van der Waals surface area contributed by atoms with Crippen LogP contribution >= 0.6 is 0 Å². The molecule has 0 aromatic carbocycles. The molecule has 19 heavy (non-hydrogen) atoms. The van der Waals surface area contributed by atoms with Crippen LogP contribution < -0.4 is 5.73 Å². The zero-order chi connectivity index (χ0) is 13.9. The zero-order valence-electron chi connectivity index (χ0n) is 11.4. The van der Waals surface area contributed by atoms with Gasteiger partial charge in [0.15, 0.2) is 0 Å². The Bertz CT molecular complexity index is 351. The molecule has 2 aliphatic rings. The van der Waals surface area contributed by atoms with Crippen LogP contribution in [0.5, 0.6) is 0 Å².